The monoisotopic (exact) mass is 397 g/mol. The van der Waals surface area contributed by atoms with Crippen molar-refractivity contribution in [1.29, 1.82) is 0 Å². The molecule has 142 valence electrons. The van der Waals surface area contributed by atoms with Crippen LogP contribution >= 0.6 is 11.3 Å². The molecule has 0 radical (unpaired) electrons. The second-order valence-electron chi connectivity index (χ2n) is 6.18. The summed E-state index contributed by atoms with van der Waals surface area (Å²) in [5.41, 5.74) is 1.55. The molecule has 0 saturated heterocycles. The van der Waals surface area contributed by atoms with Gasteiger partial charge in [0.1, 0.15) is 16.3 Å². The lowest BCUT2D eigenvalue weighted by atomic mass is 10.1. The van der Waals surface area contributed by atoms with E-state index in [1.165, 1.54) is 39.0 Å². The van der Waals surface area contributed by atoms with Crippen molar-refractivity contribution >= 4 is 27.5 Å². The number of nitrogens with one attached hydrogen (secondary N) is 1. The number of aromatic nitrogens is 4. The van der Waals surface area contributed by atoms with Gasteiger partial charge in [-0.2, -0.15) is 5.10 Å². The largest absolute Gasteiger partial charge is 0.349 e. The lowest BCUT2D eigenvalue weighted by Gasteiger charge is -2.07. The van der Waals surface area contributed by atoms with Gasteiger partial charge in [0.2, 0.25) is 0 Å². The second-order valence-corrected chi connectivity index (χ2v) is 7.08. The summed E-state index contributed by atoms with van der Waals surface area (Å²) in [7, 11) is 1.67. The standard InChI is InChI=1S/C19H16FN5O2S/c1-24-16(10-15(23-24)12-2-4-13(20)5-3-12)17(26)21-7-8-25-11-22-18-14(19(25)27)6-9-28-18/h2-6,9-11H,7-8H2,1H3,(H,21,26). The van der Waals surface area contributed by atoms with Crippen molar-refractivity contribution in [3.05, 3.63) is 70.0 Å². The SMILES string of the molecule is Cn1nc(-c2ccc(F)cc2)cc1C(=O)NCCn1cnc2sccc2c1=O. The molecule has 1 aromatic carbocycles. The van der Waals surface area contributed by atoms with Gasteiger partial charge in [-0.3, -0.25) is 18.8 Å². The molecule has 0 fully saturated rings. The highest BCUT2D eigenvalue weighted by molar-refractivity contribution is 7.16. The molecule has 28 heavy (non-hydrogen) atoms. The first-order chi connectivity index (χ1) is 13.5. The van der Waals surface area contributed by atoms with Crippen molar-refractivity contribution in [3.63, 3.8) is 0 Å². The fourth-order valence-corrected chi connectivity index (χ4v) is 3.60. The van der Waals surface area contributed by atoms with Gasteiger partial charge in [-0.05, 0) is 41.8 Å². The van der Waals surface area contributed by atoms with Gasteiger partial charge in [0.05, 0.1) is 17.4 Å². The third-order valence-electron chi connectivity index (χ3n) is 4.34. The molecule has 0 saturated carbocycles. The van der Waals surface area contributed by atoms with Crippen molar-refractivity contribution < 1.29 is 9.18 Å². The van der Waals surface area contributed by atoms with Gasteiger partial charge >= 0.3 is 0 Å². The number of amides is 1. The Labute approximate surface area is 163 Å². The van der Waals surface area contributed by atoms with Gasteiger partial charge in [-0.15, -0.1) is 11.3 Å². The summed E-state index contributed by atoms with van der Waals surface area (Å²) in [6.07, 6.45) is 1.49. The van der Waals surface area contributed by atoms with Crippen LogP contribution in [0.2, 0.25) is 0 Å². The summed E-state index contributed by atoms with van der Waals surface area (Å²) in [5.74, 6) is -0.635. The van der Waals surface area contributed by atoms with E-state index in [1.54, 1.807) is 31.3 Å². The molecule has 0 unspecified atom stereocenters. The Morgan fingerprint density at radius 3 is 2.82 bits per heavy atom. The minimum atomic E-state index is -0.331. The highest BCUT2D eigenvalue weighted by atomic mass is 32.1. The van der Waals surface area contributed by atoms with E-state index in [0.717, 1.165) is 5.56 Å². The first-order valence-electron chi connectivity index (χ1n) is 8.54. The summed E-state index contributed by atoms with van der Waals surface area (Å²) in [6.45, 7) is 0.582. The van der Waals surface area contributed by atoms with Crippen LogP contribution in [0.5, 0.6) is 0 Å². The molecule has 1 amide bonds. The van der Waals surface area contributed by atoms with Crippen molar-refractivity contribution in [2.24, 2.45) is 7.05 Å². The molecule has 0 spiro atoms. The number of benzene rings is 1. The maximum absolute atomic E-state index is 13.1. The molecule has 0 aliphatic carbocycles. The van der Waals surface area contributed by atoms with Crippen LogP contribution < -0.4 is 10.9 Å². The minimum Gasteiger partial charge on any atom is -0.349 e. The number of carbonyl (C=O) groups excluding carboxylic acids is 1. The maximum atomic E-state index is 13.1. The van der Waals surface area contributed by atoms with Crippen LogP contribution in [-0.2, 0) is 13.6 Å². The van der Waals surface area contributed by atoms with Crippen LogP contribution in [0.4, 0.5) is 4.39 Å². The van der Waals surface area contributed by atoms with Gasteiger partial charge in [-0.1, -0.05) is 0 Å². The molecule has 4 aromatic rings. The summed E-state index contributed by atoms with van der Waals surface area (Å²) >= 11 is 1.41. The lowest BCUT2D eigenvalue weighted by molar-refractivity contribution is 0.0942. The van der Waals surface area contributed by atoms with Crippen molar-refractivity contribution in [2.75, 3.05) is 6.54 Å². The Balaban J connectivity index is 1.44. The normalized spacial score (nSPS) is 11.1. The summed E-state index contributed by atoms with van der Waals surface area (Å²) < 4.78 is 16.0. The number of hydrogen-bond acceptors (Lipinski definition) is 5. The van der Waals surface area contributed by atoms with Crippen LogP contribution in [-0.4, -0.2) is 31.8 Å². The van der Waals surface area contributed by atoms with Gasteiger partial charge in [-0.25, -0.2) is 9.37 Å². The number of thiophene rings is 1. The molecular formula is C19H16FN5O2S. The topological polar surface area (TPSA) is 81.8 Å². The van der Waals surface area contributed by atoms with Crippen LogP contribution in [0.15, 0.2) is 52.9 Å². The van der Waals surface area contributed by atoms with Crippen LogP contribution in [0.1, 0.15) is 10.5 Å². The average Bonchev–Trinajstić information content (AvgIpc) is 3.31. The molecule has 4 rings (SSSR count). The number of nitrogens with zero attached hydrogens (tertiary/aromatic N) is 4. The van der Waals surface area contributed by atoms with E-state index in [1.807, 2.05) is 5.38 Å². The maximum Gasteiger partial charge on any atom is 0.269 e. The van der Waals surface area contributed by atoms with Crippen molar-refractivity contribution in [2.45, 2.75) is 6.54 Å². The molecule has 1 N–H and O–H groups in total. The molecule has 0 aliphatic rings. The fraction of sp³-hybridized carbons (Fsp3) is 0.158. The summed E-state index contributed by atoms with van der Waals surface area (Å²) in [5, 5.41) is 9.50. The third-order valence-corrected chi connectivity index (χ3v) is 5.16. The van der Waals surface area contributed by atoms with Gasteiger partial charge in [0, 0.05) is 25.7 Å². The van der Waals surface area contributed by atoms with E-state index in [2.05, 4.69) is 15.4 Å². The first kappa shape index (κ1) is 18.1. The zero-order chi connectivity index (χ0) is 19.7. The molecule has 0 atom stereocenters. The zero-order valence-electron chi connectivity index (χ0n) is 14.9. The Bertz CT molecular complexity index is 1210. The van der Waals surface area contributed by atoms with Crippen LogP contribution in [0.3, 0.4) is 0 Å². The van der Waals surface area contributed by atoms with E-state index in [4.69, 9.17) is 0 Å². The van der Waals surface area contributed by atoms with E-state index in [-0.39, 0.29) is 23.8 Å². The predicted molar refractivity (Wildman–Crippen MR) is 105 cm³/mol. The molecule has 0 aliphatic heterocycles. The van der Waals surface area contributed by atoms with Crippen LogP contribution in [0, 0.1) is 5.82 Å². The first-order valence-corrected chi connectivity index (χ1v) is 9.42. The highest BCUT2D eigenvalue weighted by Crippen LogP contribution is 2.19. The number of aryl methyl sites for hydroxylation is 1. The smallest absolute Gasteiger partial charge is 0.269 e. The van der Waals surface area contributed by atoms with E-state index in [0.29, 0.717) is 28.1 Å². The quantitative estimate of drug-likeness (QED) is 0.561. The predicted octanol–water partition coefficient (Wildman–Crippen LogP) is 2.43. The van der Waals surface area contributed by atoms with Gasteiger partial charge in [0.15, 0.2) is 0 Å². The number of hydrogen-bond donors (Lipinski definition) is 1. The molecule has 9 heteroatoms. The molecule has 3 aromatic heterocycles. The molecular weight excluding hydrogens is 381 g/mol. The molecule has 0 bridgehead atoms. The lowest BCUT2D eigenvalue weighted by Crippen LogP contribution is -2.31. The van der Waals surface area contributed by atoms with Crippen molar-refractivity contribution in [3.8, 4) is 11.3 Å². The average molecular weight is 397 g/mol. The summed E-state index contributed by atoms with van der Waals surface area (Å²) in [6, 6.07) is 9.31. The van der Waals surface area contributed by atoms with E-state index in [9.17, 15) is 14.0 Å². The van der Waals surface area contributed by atoms with E-state index >= 15 is 0 Å². The van der Waals surface area contributed by atoms with E-state index < -0.39 is 0 Å². The van der Waals surface area contributed by atoms with Gasteiger partial charge in [0.25, 0.3) is 11.5 Å². The Kier molecular flexibility index (Phi) is 4.74. The number of rotatable bonds is 5. The Morgan fingerprint density at radius 1 is 1.25 bits per heavy atom. The third kappa shape index (κ3) is 3.44. The molecule has 3 heterocycles. The second kappa shape index (κ2) is 7.35. The summed E-state index contributed by atoms with van der Waals surface area (Å²) in [4.78, 5) is 29.8. The Morgan fingerprint density at radius 2 is 2.04 bits per heavy atom. The van der Waals surface area contributed by atoms with Gasteiger partial charge < -0.3 is 5.32 Å². The fourth-order valence-electron chi connectivity index (χ4n) is 2.87. The molecule has 7 nitrogen and oxygen atoms in total. The number of fused-ring (bicyclic) bond motifs is 1. The highest BCUT2D eigenvalue weighted by Gasteiger charge is 2.14. The Hall–Kier alpha value is -3.33. The zero-order valence-corrected chi connectivity index (χ0v) is 15.7. The number of carbonyl (C=O) groups is 1. The minimum absolute atomic E-state index is 0.125. The van der Waals surface area contributed by atoms with Crippen molar-refractivity contribution in [1.82, 2.24) is 24.6 Å². The van der Waals surface area contributed by atoms with Crippen LogP contribution in [0.25, 0.3) is 21.5 Å². The number of halogens is 1.